The number of ether oxygens (including phenoxy) is 1. The molecule has 2 aromatic rings. The first-order chi connectivity index (χ1) is 14.4. The maximum Gasteiger partial charge on any atom is 0.433 e. The number of nitrogens with one attached hydrogen (secondary N) is 1. The summed E-state index contributed by atoms with van der Waals surface area (Å²) in [5.41, 5.74) is -1.53. The number of aromatic nitrogens is 2. The summed E-state index contributed by atoms with van der Waals surface area (Å²) < 4.78 is 83.2. The monoisotopic (exact) mass is 452 g/mol. The molecule has 2 heterocycles. The Morgan fingerprint density at radius 3 is 2.58 bits per heavy atom. The first kappa shape index (κ1) is 22.9. The molecule has 1 aromatic heterocycles. The van der Waals surface area contributed by atoms with E-state index in [9.17, 15) is 36.2 Å². The predicted octanol–water partition coefficient (Wildman–Crippen LogP) is 2.78. The lowest BCUT2D eigenvalue weighted by Gasteiger charge is -2.21. The summed E-state index contributed by atoms with van der Waals surface area (Å²) >= 11 is 0. The molecule has 3 atom stereocenters. The second-order valence-corrected chi connectivity index (χ2v) is 7.05. The molecule has 170 valence electrons. The van der Waals surface area contributed by atoms with Gasteiger partial charge >= 0.3 is 12.8 Å². The summed E-state index contributed by atoms with van der Waals surface area (Å²) in [5.74, 6) is -5.25. The van der Waals surface area contributed by atoms with Gasteiger partial charge in [-0.3, -0.25) is 14.4 Å². The van der Waals surface area contributed by atoms with Gasteiger partial charge in [0, 0.05) is 19.5 Å². The number of rotatable bonds is 5. The molecule has 1 aliphatic heterocycles. The quantitative estimate of drug-likeness (QED) is 0.683. The summed E-state index contributed by atoms with van der Waals surface area (Å²) in [6, 6.07) is 3.89. The van der Waals surface area contributed by atoms with E-state index in [1.54, 1.807) is 0 Å². The van der Waals surface area contributed by atoms with E-state index in [4.69, 9.17) is 0 Å². The highest BCUT2D eigenvalue weighted by Gasteiger charge is 2.47. The number of para-hydroxylation sites is 1. The Morgan fingerprint density at radius 2 is 2.00 bits per heavy atom. The first-order valence-electron chi connectivity index (χ1n) is 8.93. The van der Waals surface area contributed by atoms with Gasteiger partial charge in [0.25, 0.3) is 0 Å². The molecule has 3 rings (SSSR count). The van der Waals surface area contributed by atoms with Crippen LogP contribution in [0.3, 0.4) is 0 Å². The number of aryl methyl sites for hydroxylation is 1. The van der Waals surface area contributed by atoms with Crippen LogP contribution in [0.1, 0.15) is 17.3 Å². The van der Waals surface area contributed by atoms with Gasteiger partial charge in [-0.05, 0) is 25.2 Å². The summed E-state index contributed by atoms with van der Waals surface area (Å²) in [7, 11) is 2.54. The Balaban J connectivity index is 1.92. The van der Waals surface area contributed by atoms with Gasteiger partial charge in [0.05, 0.1) is 17.3 Å². The number of nitrogens with zero attached hydrogens (tertiary/aromatic N) is 3. The van der Waals surface area contributed by atoms with Gasteiger partial charge in [0.1, 0.15) is 11.9 Å². The number of likely N-dealkylation sites (tertiary alicyclic amines) is 1. The SMILES string of the molecule is CN1C[C@H](c2cc(C(F)(F)F)n(C)n2)[C@@H](C(=O)Nc2cccc(F)c2OC(F)F)C1O. The lowest BCUT2D eigenvalue weighted by atomic mass is 9.90. The number of hydrogen-bond acceptors (Lipinski definition) is 5. The average molecular weight is 452 g/mol. The average Bonchev–Trinajstić information content (AvgIpc) is 3.18. The van der Waals surface area contributed by atoms with Crippen molar-refractivity contribution in [2.45, 2.75) is 24.9 Å². The number of benzene rings is 1. The van der Waals surface area contributed by atoms with Crippen LogP contribution >= 0.6 is 0 Å². The van der Waals surface area contributed by atoms with E-state index < -0.39 is 59.7 Å². The highest BCUT2D eigenvalue weighted by atomic mass is 19.4. The Kier molecular flexibility index (Phi) is 6.18. The Labute approximate surface area is 172 Å². The molecule has 1 unspecified atom stereocenters. The molecule has 2 N–H and O–H groups in total. The molecule has 0 radical (unpaired) electrons. The maximum atomic E-state index is 13.9. The van der Waals surface area contributed by atoms with Crippen molar-refractivity contribution in [2.24, 2.45) is 13.0 Å². The number of amides is 1. The molecule has 1 aromatic carbocycles. The largest absolute Gasteiger partial charge is 0.433 e. The molecule has 0 bridgehead atoms. The molecule has 0 saturated carbocycles. The normalized spacial score (nSPS) is 22.2. The number of likely N-dealkylation sites (N-methyl/N-ethyl adjacent to an activating group) is 1. The highest BCUT2D eigenvalue weighted by Crippen LogP contribution is 2.39. The van der Waals surface area contributed by atoms with Crippen molar-refractivity contribution < 1.29 is 41.0 Å². The van der Waals surface area contributed by atoms with E-state index in [-0.39, 0.29) is 12.2 Å². The Morgan fingerprint density at radius 1 is 1.32 bits per heavy atom. The van der Waals surface area contributed by atoms with E-state index in [0.717, 1.165) is 31.3 Å². The van der Waals surface area contributed by atoms with Gasteiger partial charge < -0.3 is 15.2 Å². The highest BCUT2D eigenvalue weighted by molar-refractivity contribution is 5.95. The second-order valence-electron chi connectivity index (χ2n) is 7.05. The molecular weight excluding hydrogens is 434 g/mol. The van der Waals surface area contributed by atoms with Crippen molar-refractivity contribution in [3.8, 4) is 5.75 Å². The number of aliphatic hydroxyl groups excluding tert-OH is 1. The van der Waals surface area contributed by atoms with Gasteiger partial charge in [-0.1, -0.05) is 6.07 Å². The smallest absolute Gasteiger partial charge is 0.429 e. The molecule has 7 nitrogen and oxygen atoms in total. The number of aliphatic hydroxyl groups is 1. The third kappa shape index (κ3) is 4.61. The van der Waals surface area contributed by atoms with E-state index >= 15 is 0 Å². The standard InChI is InChI=1S/C18H18F6N4O3/c1-27-7-8(11-6-12(18(22,23)24)28(2)26-11)13(16(27)30)15(29)25-10-5-3-4-9(19)14(10)31-17(20)21/h3-6,8,13,16-17,30H,7H2,1-2H3,(H,25,29)/t8-,13+,16?/m1/s1. The fourth-order valence-electron chi connectivity index (χ4n) is 3.58. The summed E-state index contributed by atoms with van der Waals surface area (Å²) in [4.78, 5) is 14.2. The fraction of sp³-hybridized carbons (Fsp3) is 0.444. The number of anilines is 1. The molecule has 0 spiro atoms. The third-order valence-corrected chi connectivity index (χ3v) is 4.99. The summed E-state index contributed by atoms with van der Waals surface area (Å²) in [6.45, 7) is -3.37. The van der Waals surface area contributed by atoms with Gasteiger partial charge in [-0.2, -0.15) is 27.1 Å². The topological polar surface area (TPSA) is 79.6 Å². The van der Waals surface area contributed by atoms with Crippen LogP contribution in [0.15, 0.2) is 24.3 Å². The van der Waals surface area contributed by atoms with Gasteiger partial charge in [0.15, 0.2) is 11.6 Å². The van der Waals surface area contributed by atoms with Crippen molar-refractivity contribution in [2.75, 3.05) is 18.9 Å². The van der Waals surface area contributed by atoms with Gasteiger partial charge in [0.2, 0.25) is 5.91 Å². The van der Waals surface area contributed by atoms with E-state index in [2.05, 4.69) is 15.2 Å². The zero-order valence-corrected chi connectivity index (χ0v) is 16.2. The molecule has 13 heteroatoms. The van der Waals surface area contributed by atoms with Crippen molar-refractivity contribution in [3.05, 3.63) is 41.5 Å². The molecule has 1 aliphatic rings. The molecular formula is C18H18F6N4O3. The number of carbonyl (C=O) groups excluding carboxylic acids is 1. The van der Waals surface area contributed by atoms with E-state index in [1.807, 2.05) is 0 Å². The first-order valence-corrected chi connectivity index (χ1v) is 8.93. The Hall–Kier alpha value is -2.80. The number of alkyl halides is 5. The van der Waals surface area contributed by atoms with Gasteiger partial charge in [-0.15, -0.1) is 0 Å². The lowest BCUT2D eigenvalue weighted by Crippen LogP contribution is -2.36. The van der Waals surface area contributed by atoms with E-state index in [1.165, 1.54) is 11.9 Å². The predicted molar refractivity (Wildman–Crippen MR) is 94.7 cm³/mol. The molecule has 31 heavy (non-hydrogen) atoms. The molecule has 0 aliphatic carbocycles. The van der Waals surface area contributed by atoms with Crippen molar-refractivity contribution in [3.63, 3.8) is 0 Å². The minimum Gasteiger partial charge on any atom is -0.429 e. The van der Waals surface area contributed by atoms with Crippen molar-refractivity contribution >= 4 is 11.6 Å². The Bertz CT molecular complexity index is 964. The zero-order chi connectivity index (χ0) is 23.1. The van der Waals surface area contributed by atoms with Gasteiger partial charge in [-0.25, -0.2) is 4.39 Å². The fourth-order valence-corrected chi connectivity index (χ4v) is 3.58. The maximum absolute atomic E-state index is 13.9. The van der Waals surface area contributed by atoms with Crippen molar-refractivity contribution in [1.82, 2.24) is 14.7 Å². The second kappa shape index (κ2) is 8.38. The lowest BCUT2D eigenvalue weighted by molar-refractivity contribution is -0.143. The molecule has 1 amide bonds. The summed E-state index contributed by atoms with van der Waals surface area (Å²) in [5, 5.41) is 16.5. The molecule has 1 fully saturated rings. The number of hydrogen-bond donors (Lipinski definition) is 2. The van der Waals surface area contributed by atoms with Crippen LogP contribution in [0.25, 0.3) is 0 Å². The minimum atomic E-state index is -4.68. The summed E-state index contributed by atoms with van der Waals surface area (Å²) in [6.07, 6.45) is -6.08. The van der Waals surface area contributed by atoms with Crippen LogP contribution in [0.4, 0.5) is 32.0 Å². The van der Waals surface area contributed by atoms with Crippen LogP contribution < -0.4 is 10.1 Å². The van der Waals surface area contributed by atoms with Crippen LogP contribution in [-0.4, -0.2) is 52.1 Å². The van der Waals surface area contributed by atoms with Crippen LogP contribution in [0.5, 0.6) is 5.75 Å². The molecule has 1 saturated heterocycles. The zero-order valence-electron chi connectivity index (χ0n) is 16.2. The minimum absolute atomic E-state index is 0.00287. The van der Waals surface area contributed by atoms with Crippen LogP contribution in [0, 0.1) is 11.7 Å². The number of halogens is 6. The van der Waals surface area contributed by atoms with Crippen LogP contribution in [0.2, 0.25) is 0 Å². The van der Waals surface area contributed by atoms with E-state index in [0.29, 0.717) is 4.68 Å². The third-order valence-electron chi connectivity index (χ3n) is 4.99. The number of carbonyl (C=O) groups is 1. The van der Waals surface area contributed by atoms with Crippen molar-refractivity contribution in [1.29, 1.82) is 0 Å². The van der Waals surface area contributed by atoms with Crippen LogP contribution in [-0.2, 0) is 18.0 Å².